The Balaban J connectivity index is 0.000000385. The van der Waals surface area contributed by atoms with Crippen LogP contribution in [0.25, 0.3) is 0 Å². The topological polar surface area (TPSA) is 52.6 Å². The van der Waals surface area contributed by atoms with Crippen LogP contribution in [0.2, 0.25) is 0 Å². The smallest absolute Gasteiger partial charge is 0.310 e. The van der Waals surface area contributed by atoms with Crippen LogP contribution in [0.3, 0.4) is 0 Å². The second-order valence-corrected chi connectivity index (χ2v) is 14.5. The third-order valence-corrected chi connectivity index (χ3v) is 9.07. The summed E-state index contributed by atoms with van der Waals surface area (Å²) in [5, 5.41) is 0. The Bertz CT molecular complexity index is 857. The van der Waals surface area contributed by atoms with Gasteiger partial charge in [0, 0.05) is 0 Å². The molecule has 0 saturated heterocycles. The first-order valence-corrected chi connectivity index (χ1v) is 14.9. The predicted molar refractivity (Wildman–Crippen MR) is 164 cm³/mol. The Morgan fingerprint density at radius 2 is 1.18 bits per heavy atom. The summed E-state index contributed by atoms with van der Waals surface area (Å²) in [7, 11) is 0. The summed E-state index contributed by atoms with van der Waals surface area (Å²) >= 11 is 0. The second kappa shape index (κ2) is 13.9. The van der Waals surface area contributed by atoms with Gasteiger partial charge in [0.15, 0.2) is 0 Å². The van der Waals surface area contributed by atoms with Crippen molar-refractivity contribution in [1.29, 1.82) is 0 Å². The standard InChI is InChI=1S/C19H30O2.C14H24O2.2CH4/c1-6-7-12-8-11(2)16-13-9-14(17(12)16)15(10-13)18(20)21-19(3,4)5;1-6-7-11-8-10(2)9-12(11)13(15)16-14(3,4)5;;/h6-7,11-17H,8-10H2,1-5H3;6-7,10-12H,8-9H2,1-5H3;2*1H4/b2*7-6+;;. The largest absolute Gasteiger partial charge is 0.460 e. The van der Waals surface area contributed by atoms with Gasteiger partial charge in [-0.05, 0) is 135 Å². The van der Waals surface area contributed by atoms with Gasteiger partial charge in [-0.25, -0.2) is 0 Å². The van der Waals surface area contributed by atoms with E-state index in [1.165, 1.54) is 12.8 Å². The van der Waals surface area contributed by atoms with E-state index in [4.69, 9.17) is 9.47 Å². The van der Waals surface area contributed by atoms with Crippen molar-refractivity contribution in [3.63, 3.8) is 0 Å². The molecule has 0 aromatic carbocycles. The van der Waals surface area contributed by atoms with Crippen molar-refractivity contribution in [1.82, 2.24) is 0 Å². The molecule has 0 amide bonds. The average Bonchev–Trinajstić information content (AvgIpc) is 3.49. The normalized spacial score (nSPS) is 37.1. The van der Waals surface area contributed by atoms with E-state index in [2.05, 4.69) is 39.0 Å². The van der Waals surface area contributed by atoms with Crippen LogP contribution in [0.4, 0.5) is 0 Å². The van der Waals surface area contributed by atoms with Gasteiger partial charge >= 0.3 is 11.9 Å². The van der Waals surface area contributed by atoms with Crippen molar-refractivity contribution in [2.45, 2.75) is 127 Å². The third-order valence-electron chi connectivity index (χ3n) is 9.07. The van der Waals surface area contributed by atoms with Crippen LogP contribution in [0.1, 0.15) is 116 Å². The first kappa shape index (κ1) is 35.4. The van der Waals surface area contributed by atoms with Crippen LogP contribution in [0.15, 0.2) is 24.3 Å². The molecule has 0 aliphatic heterocycles. The van der Waals surface area contributed by atoms with Crippen molar-refractivity contribution in [3.05, 3.63) is 24.3 Å². The summed E-state index contributed by atoms with van der Waals surface area (Å²) in [5.74, 6) is 5.69. The molecule has 4 aliphatic rings. The van der Waals surface area contributed by atoms with Gasteiger partial charge < -0.3 is 9.47 Å². The summed E-state index contributed by atoms with van der Waals surface area (Å²) < 4.78 is 11.2. The quantitative estimate of drug-likeness (QED) is 0.260. The molecule has 0 heterocycles. The molecule has 2 bridgehead atoms. The van der Waals surface area contributed by atoms with E-state index in [0.717, 1.165) is 42.9 Å². The van der Waals surface area contributed by atoms with Gasteiger partial charge in [0.1, 0.15) is 11.2 Å². The molecule has 4 rings (SSSR count). The summed E-state index contributed by atoms with van der Waals surface area (Å²) in [6.07, 6.45) is 14.5. The number of hydrogen-bond acceptors (Lipinski definition) is 4. The SMILES string of the molecule is C.C.C/C=C/C1CC(C)C2C3CC(C(=O)OC(C)(C)C)C(C3)C12.C/C=C/C1CC(C)CC1C(=O)OC(C)(C)C. The molecule has 0 radical (unpaired) electrons. The van der Waals surface area contributed by atoms with Crippen LogP contribution < -0.4 is 0 Å². The Morgan fingerprint density at radius 3 is 1.69 bits per heavy atom. The number of rotatable bonds is 4. The lowest BCUT2D eigenvalue weighted by molar-refractivity contribution is -0.163. The number of hydrogen-bond donors (Lipinski definition) is 0. The average molecular weight is 547 g/mol. The second-order valence-electron chi connectivity index (χ2n) is 14.5. The zero-order valence-electron chi connectivity index (χ0n) is 25.3. The van der Waals surface area contributed by atoms with Crippen LogP contribution in [0.5, 0.6) is 0 Å². The monoisotopic (exact) mass is 546 g/mol. The van der Waals surface area contributed by atoms with Crippen LogP contribution in [-0.4, -0.2) is 23.1 Å². The van der Waals surface area contributed by atoms with Crippen LogP contribution >= 0.6 is 0 Å². The zero-order chi connectivity index (χ0) is 27.7. The maximum atomic E-state index is 12.5. The number of carbonyl (C=O) groups is 2. The maximum absolute atomic E-state index is 12.5. The third kappa shape index (κ3) is 8.70. The molecule has 4 aliphatic carbocycles. The van der Waals surface area contributed by atoms with Crippen molar-refractivity contribution in [2.75, 3.05) is 0 Å². The Kier molecular flexibility index (Phi) is 12.6. The molecule has 10 atom stereocenters. The molecule has 0 spiro atoms. The Hall–Kier alpha value is -1.58. The van der Waals surface area contributed by atoms with Crippen molar-refractivity contribution >= 4 is 11.9 Å². The highest BCUT2D eigenvalue weighted by Crippen LogP contribution is 2.65. The van der Waals surface area contributed by atoms with E-state index in [9.17, 15) is 9.59 Å². The van der Waals surface area contributed by atoms with Crippen molar-refractivity contribution in [2.24, 2.45) is 59.2 Å². The molecule has 4 fully saturated rings. The first-order valence-electron chi connectivity index (χ1n) is 14.9. The van der Waals surface area contributed by atoms with E-state index in [1.54, 1.807) is 0 Å². The highest BCUT2D eigenvalue weighted by Gasteiger charge is 2.60. The van der Waals surface area contributed by atoms with Gasteiger partial charge in [-0.3, -0.25) is 9.59 Å². The summed E-state index contributed by atoms with van der Waals surface area (Å²) in [4.78, 5) is 24.6. The molecular weight excluding hydrogens is 484 g/mol. The maximum Gasteiger partial charge on any atom is 0.310 e. The van der Waals surface area contributed by atoms with Crippen LogP contribution in [0, 0.1) is 59.2 Å². The van der Waals surface area contributed by atoms with E-state index >= 15 is 0 Å². The minimum Gasteiger partial charge on any atom is -0.460 e. The minimum absolute atomic E-state index is 0. The fourth-order valence-electron chi connectivity index (χ4n) is 8.19. The number of esters is 2. The Labute approximate surface area is 241 Å². The van der Waals surface area contributed by atoms with Crippen LogP contribution in [-0.2, 0) is 19.1 Å². The molecule has 10 unspecified atom stereocenters. The molecule has 4 nitrogen and oxygen atoms in total. The molecular formula is C35H62O4. The lowest BCUT2D eigenvalue weighted by Gasteiger charge is -2.35. The molecule has 0 aromatic rings. The number of fused-ring (bicyclic) bond motifs is 5. The fourth-order valence-corrected chi connectivity index (χ4v) is 8.19. The molecule has 4 saturated carbocycles. The number of ether oxygens (including phenoxy) is 2. The van der Waals surface area contributed by atoms with Gasteiger partial charge in [-0.2, -0.15) is 0 Å². The molecule has 39 heavy (non-hydrogen) atoms. The summed E-state index contributed by atoms with van der Waals surface area (Å²) in [6.45, 7) is 20.5. The molecule has 0 aromatic heterocycles. The van der Waals surface area contributed by atoms with E-state index in [0.29, 0.717) is 23.7 Å². The number of carbonyl (C=O) groups excluding carboxylic acids is 2. The summed E-state index contributed by atoms with van der Waals surface area (Å²) in [6, 6.07) is 0. The first-order chi connectivity index (χ1) is 17.1. The predicted octanol–water partition coefficient (Wildman–Crippen LogP) is 9.29. The van der Waals surface area contributed by atoms with Crippen molar-refractivity contribution in [3.8, 4) is 0 Å². The van der Waals surface area contributed by atoms with Crippen molar-refractivity contribution < 1.29 is 19.1 Å². The molecule has 0 N–H and O–H groups in total. The van der Waals surface area contributed by atoms with Gasteiger partial charge in [0.25, 0.3) is 0 Å². The lowest BCUT2D eigenvalue weighted by atomic mass is 9.71. The zero-order valence-corrected chi connectivity index (χ0v) is 25.3. The highest BCUT2D eigenvalue weighted by molar-refractivity contribution is 5.74. The molecule has 226 valence electrons. The van der Waals surface area contributed by atoms with Gasteiger partial charge in [0.05, 0.1) is 11.8 Å². The van der Waals surface area contributed by atoms with Gasteiger partial charge in [0.2, 0.25) is 0 Å². The van der Waals surface area contributed by atoms with Gasteiger partial charge in [-0.15, -0.1) is 0 Å². The van der Waals surface area contributed by atoms with Gasteiger partial charge in [-0.1, -0.05) is 53.0 Å². The fraction of sp³-hybridized carbons (Fsp3) is 0.829. The van der Waals surface area contributed by atoms with E-state index in [1.807, 2.05) is 54.5 Å². The molecule has 4 heteroatoms. The van der Waals surface area contributed by atoms with E-state index in [-0.39, 0.29) is 49.8 Å². The number of allylic oxidation sites excluding steroid dienone is 4. The summed E-state index contributed by atoms with van der Waals surface area (Å²) in [5.41, 5.74) is -0.729. The van der Waals surface area contributed by atoms with E-state index < -0.39 is 0 Å². The lowest BCUT2D eigenvalue weighted by Crippen LogP contribution is -2.37. The minimum atomic E-state index is -0.372. The Morgan fingerprint density at radius 1 is 0.667 bits per heavy atom. The highest BCUT2D eigenvalue weighted by atomic mass is 16.6.